The third-order valence-corrected chi connectivity index (χ3v) is 5.21. The van der Waals surface area contributed by atoms with E-state index in [2.05, 4.69) is 21.2 Å². The number of benzene rings is 1. The molecule has 2 rings (SSSR count). The first-order valence-corrected chi connectivity index (χ1v) is 10.5. The van der Waals surface area contributed by atoms with Crippen molar-refractivity contribution in [1.82, 2.24) is 0 Å². The van der Waals surface area contributed by atoms with E-state index in [9.17, 15) is 9.90 Å². The van der Waals surface area contributed by atoms with Gasteiger partial charge in [0.2, 0.25) is 0 Å². The highest BCUT2D eigenvalue weighted by Gasteiger charge is 2.32. The van der Waals surface area contributed by atoms with E-state index in [0.29, 0.717) is 35.5 Å². The maximum absolute atomic E-state index is 12.1. The van der Waals surface area contributed by atoms with Gasteiger partial charge in [-0.1, -0.05) is 20.6 Å². The molecule has 0 unspecified atom stereocenters. The number of carbonyl (C=O) groups excluding carboxylic acids is 1. The van der Waals surface area contributed by atoms with E-state index in [-0.39, 0.29) is 18.3 Å². The highest BCUT2D eigenvalue weighted by Crippen LogP contribution is 2.42. The van der Waals surface area contributed by atoms with Crippen LogP contribution in [0, 0.1) is 6.92 Å². The summed E-state index contributed by atoms with van der Waals surface area (Å²) < 4.78 is 11.0. The molecule has 0 aliphatic carbocycles. The molecule has 1 N–H and O–H groups in total. The van der Waals surface area contributed by atoms with Crippen LogP contribution < -0.4 is 4.74 Å². The fourth-order valence-corrected chi connectivity index (χ4v) is 3.07. The Morgan fingerprint density at radius 3 is 2.86 bits per heavy atom. The maximum Gasteiger partial charge on any atom is 0.342 e. The van der Waals surface area contributed by atoms with Crippen LogP contribution in [0.5, 0.6) is 11.5 Å². The summed E-state index contributed by atoms with van der Waals surface area (Å²) >= 11 is 2.20. The van der Waals surface area contributed by atoms with Crippen molar-refractivity contribution in [2.45, 2.75) is 33.8 Å². The van der Waals surface area contributed by atoms with Crippen molar-refractivity contribution in [1.29, 1.82) is 0 Å². The van der Waals surface area contributed by atoms with E-state index in [1.807, 2.05) is 26.8 Å². The van der Waals surface area contributed by atoms with Crippen LogP contribution in [0.25, 0.3) is 0 Å². The minimum atomic E-state index is -0.367. The normalized spacial score (nSPS) is 12.8. The lowest BCUT2D eigenvalue weighted by atomic mass is 9.95. The standard InChI is InChI=1S/C16H19IO4S/c1-9(2)4-5-11-14(18)10(3)12-8-21-16(19)13(12)15(11)20-6-7-22-17/h4,18H,5-8H2,1-3H3. The number of hydrogen-bond acceptors (Lipinski definition) is 5. The molecule has 0 amide bonds. The van der Waals surface area contributed by atoms with Gasteiger partial charge in [0.15, 0.2) is 0 Å². The molecule has 1 aromatic carbocycles. The van der Waals surface area contributed by atoms with E-state index in [1.54, 1.807) is 8.93 Å². The summed E-state index contributed by atoms with van der Waals surface area (Å²) in [4.78, 5) is 12.1. The van der Waals surface area contributed by atoms with Crippen molar-refractivity contribution in [2.24, 2.45) is 0 Å². The molecule has 0 spiro atoms. The first-order chi connectivity index (χ1) is 10.5. The Morgan fingerprint density at radius 2 is 2.23 bits per heavy atom. The van der Waals surface area contributed by atoms with E-state index < -0.39 is 0 Å². The van der Waals surface area contributed by atoms with E-state index in [1.165, 1.54) is 0 Å². The first-order valence-electron chi connectivity index (χ1n) is 7.01. The van der Waals surface area contributed by atoms with Crippen molar-refractivity contribution in [3.8, 4) is 11.5 Å². The predicted molar refractivity (Wildman–Crippen MR) is 97.1 cm³/mol. The smallest absolute Gasteiger partial charge is 0.342 e. The van der Waals surface area contributed by atoms with Gasteiger partial charge in [-0.25, -0.2) is 4.79 Å². The Kier molecular flexibility index (Phi) is 6.02. The van der Waals surface area contributed by atoms with Crippen LogP contribution in [-0.2, 0) is 17.8 Å². The lowest BCUT2D eigenvalue weighted by Crippen LogP contribution is -2.09. The highest BCUT2D eigenvalue weighted by atomic mass is 127. The molecular weight excluding hydrogens is 415 g/mol. The van der Waals surface area contributed by atoms with E-state index in [4.69, 9.17) is 9.47 Å². The maximum atomic E-state index is 12.1. The Bertz CT molecular complexity index is 621. The molecule has 6 heteroatoms. The molecule has 0 saturated heterocycles. The van der Waals surface area contributed by atoms with Gasteiger partial charge in [-0.2, -0.15) is 0 Å². The Hall–Kier alpha value is -0.890. The molecule has 0 bridgehead atoms. The molecule has 0 saturated carbocycles. The van der Waals surface area contributed by atoms with Crippen LogP contribution in [0.3, 0.4) is 0 Å². The molecule has 0 aromatic heterocycles. The molecule has 1 heterocycles. The van der Waals surface area contributed by atoms with Crippen LogP contribution in [0.4, 0.5) is 0 Å². The Labute approximate surface area is 146 Å². The summed E-state index contributed by atoms with van der Waals surface area (Å²) in [6.07, 6.45) is 2.55. The topological polar surface area (TPSA) is 55.8 Å². The van der Waals surface area contributed by atoms with Crippen LogP contribution in [0.15, 0.2) is 11.6 Å². The average molecular weight is 434 g/mol. The number of esters is 1. The van der Waals surface area contributed by atoms with Crippen LogP contribution in [0.1, 0.15) is 40.9 Å². The van der Waals surface area contributed by atoms with Gasteiger partial charge in [0.05, 0.1) is 6.61 Å². The SMILES string of the molecule is CC(C)=CCc1c(O)c(C)c2c(c1OCCSI)C(=O)OC2. The van der Waals surface area contributed by atoms with Gasteiger partial charge in [0, 0.05) is 16.9 Å². The third-order valence-electron chi connectivity index (χ3n) is 3.57. The predicted octanol–water partition coefficient (Wildman–Crippen LogP) is 4.34. The summed E-state index contributed by atoms with van der Waals surface area (Å²) in [5, 5.41) is 10.5. The van der Waals surface area contributed by atoms with Crippen molar-refractivity contribution in [2.75, 3.05) is 12.4 Å². The zero-order valence-electron chi connectivity index (χ0n) is 12.9. The zero-order valence-corrected chi connectivity index (χ0v) is 15.8. The van der Waals surface area contributed by atoms with Gasteiger partial charge in [-0.15, -0.1) is 0 Å². The largest absolute Gasteiger partial charge is 0.507 e. The molecular formula is C16H19IO4S. The van der Waals surface area contributed by atoms with Gasteiger partial charge in [-0.05, 0) is 54.0 Å². The molecule has 4 nitrogen and oxygen atoms in total. The third kappa shape index (κ3) is 3.53. The number of phenols is 1. The van der Waals surface area contributed by atoms with Gasteiger partial charge >= 0.3 is 5.97 Å². The number of cyclic esters (lactones) is 1. The molecule has 1 aromatic rings. The zero-order chi connectivity index (χ0) is 16.3. The lowest BCUT2D eigenvalue weighted by molar-refractivity contribution is 0.0532. The minimum Gasteiger partial charge on any atom is -0.507 e. The number of rotatable bonds is 6. The monoisotopic (exact) mass is 434 g/mol. The molecule has 22 heavy (non-hydrogen) atoms. The molecule has 0 radical (unpaired) electrons. The quantitative estimate of drug-likeness (QED) is 0.313. The number of ether oxygens (including phenoxy) is 2. The second-order valence-corrected chi connectivity index (χ2v) is 7.85. The van der Waals surface area contributed by atoms with Gasteiger partial charge in [0.25, 0.3) is 0 Å². The van der Waals surface area contributed by atoms with Crippen molar-refractivity contribution >= 4 is 36.1 Å². The second-order valence-electron chi connectivity index (χ2n) is 5.36. The number of aromatic hydroxyl groups is 1. The van der Waals surface area contributed by atoms with Crippen molar-refractivity contribution in [3.05, 3.63) is 33.9 Å². The number of halogens is 1. The summed E-state index contributed by atoms with van der Waals surface area (Å²) in [5.41, 5.74) is 3.73. The summed E-state index contributed by atoms with van der Waals surface area (Å²) in [5.74, 6) is 1.12. The highest BCUT2D eigenvalue weighted by molar-refractivity contribution is 14.2. The first kappa shape index (κ1) is 17.5. The molecule has 1 aliphatic rings. The Morgan fingerprint density at radius 1 is 1.50 bits per heavy atom. The van der Waals surface area contributed by atoms with Crippen LogP contribution >= 0.6 is 30.1 Å². The molecule has 0 atom stereocenters. The average Bonchev–Trinajstić information content (AvgIpc) is 2.85. The summed E-state index contributed by atoms with van der Waals surface area (Å²) in [6.45, 7) is 6.50. The lowest BCUT2D eigenvalue weighted by Gasteiger charge is -2.17. The number of hydrogen-bond donors (Lipinski definition) is 1. The van der Waals surface area contributed by atoms with Gasteiger partial charge in [0.1, 0.15) is 23.7 Å². The number of carbonyl (C=O) groups is 1. The number of fused-ring (bicyclic) bond motifs is 1. The van der Waals surface area contributed by atoms with E-state index in [0.717, 1.165) is 16.9 Å². The molecule has 1 aliphatic heterocycles. The molecule has 0 fully saturated rings. The number of phenolic OH excluding ortho intramolecular Hbond substituents is 1. The molecule has 120 valence electrons. The summed E-state index contributed by atoms with van der Waals surface area (Å²) in [6, 6.07) is 0. The fourth-order valence-electron chi connectivity index (χ4n) is 2.39. The van der Waals surface area contributed by atoms with Crippen molar-refractivity contribution < 1.29 is 19.4 Å². The van der Waals surface area contributed by atoms with E-state index >= 15 is 0 Å². The second kappa shape index (κ2) is 7.59. The minimum absolute atomic E-state index is 0.201. The van der Waals surface area contributed by atoms with Crippen LogP contribution in [0.2, 0.25) is 0 Å². The van der Waals surface area contributed by atoms with Gasteiger partial charge < -0.3 is 14.6 Å². The summed E-state index contributed by atoms with van der Waals surface area (Å²) in [7, 11) is 1.64. The van der Waals surface area contributed by atoms with Crippen LogP contribution in [-0.4, -0.2) is 23.4 Å². The number of allylic oxidation sites excluding steroid dienone is 2. The van der Waals surface area contributed by atoms with Gasteiger partial charge in [-0.3, -0.25) is 0 Å². The fraction of sp³-hybridized carbons (Fsp3) is 0.438. The Balaban J connectivity index is 2.53. The van der Waals surface area contributed by atoms with Crippen molar-refractivity contribution in [3.63, 3.8) is 0 Å².